The van der Waals surface area contributed by atoms with E-state index < -0.39 is 5.92 Å². The molecule has 0 saturated carbocycles. The van der Waals surface area contributed by atoms with Crippen molar-refractivity contribution in [3.8, 4) is 5.75 Å². The molecule has 2 aromatic carbocycles. The second-order valence-corrected chi connectivity index (χ2v) is 7.75. The second kappa shape index (κ2) is 7.27. The second-order valence-electron chi connectivity index (χ2n) is 6.84. The van der Waals surface area contributed by atoms with Crippen molar-refractivity contribution in [3.63, 3.8) is 0 Å². The Morgan fingerprint density at radius 1 is 1.32 bits per heavy atom. The number of carbonyl (C=O) groups excluding carboxylic acids is 2. The van der Waals surface area contributed by atoms with Crippen molar-refractivity contribution in [2.45, 2.75) is 13.3 Å². The SMILES string of the molecule is COc1ccc(C)cc1NC(=O)C1CC(=O)N(c2n[nH]c3cc(Br)ccc23)C1. The van der Waals surface area contributed by atoms with Gasteiger partial charge in [-0.1, -0.05) is 22.0 Å². The molecule has 0 radical (unpaired) electrons. The van der Waals surface area contributed by atoms with Crippen molar-refractivity contribution in [3.05, 3.63) is 46.4 Å². The number of aryl methyl sites for hydroxylation is 1. The highest BCUT2D eigenvalue weighted by atomic mass is 79.9. The molecule has 1 saturated heterocycles. The van der Waals surface area contributed by atoms with Crippen LogP contribution in [0.25, 0.3) is 10.9 Å². The summed E-state index contributed by atoms with van der Waals surface area (Å²) < 4.78 is 6.24. The minimum absolute atomic E-state index is 0.118. The number of H-pyrrole nitrogens is 1. The Kier molecular flexibility index (Phi) is 4.80. The molecular formula is C20H19BrN4O3. The Hall–Kier alpha value is -2.87. The quantitative estimate of drug-likeness (QED) is 0.645. The van der Waals surface area contributed by atoms with Crippen molar-refractivity contribution in [1.29, 1.82) is 0 Å². The molecule has 8 heteroatoms. The van der Waals surface area contributed by atoms with Crippen molar-refractivity contribution in [2.75, 3.05) is 23.9 Å². The predicted molar refractivity (Wildman–Crippen MR) is 111 cm³/mol. The number of aromatic nitrogens is 2. The Balaban J connectivity index is 1.54. The van der Waals surface area contributed by atoms with Gasteiger partial charge in [0.05, 0.1) is 24.2 Å². The van der Waals surface area contributed by atoms with Crippen LogP contribution in [0.3, 0.4) is 0 Å². The van der Waals surface area contributed by atoms with Crippen LogP contribution in [0.1, 0.15) is 12.0 Å². The molecule has 1 aliphatic heterocycles. The van der Waals surface area contributed by atoms with Gasteiger partial charge in [-0.3, -0.25) is 19.6 Å². The van der Waals surface area contributed by atoms with Gasteiger partial charge in [-0.25, -0.2) is 0 Å². The molecule has 0 bridgehead atoms. The zero-order valence-electron chi connectivity index (χ0n) is 15.5. The Bertz CT molecular complexity index is 1080. The van der Waals surface area contributed by atoms with E-state index in [0.29, 0.717) is 17.3 Å². The van der Waals surface area contributed by atoms with E-state index in [1.165, 1.54) is 0 Å². The first-order valence-corrected chi connectivity index (χ1v) is 9.65. The van der Waals surface area contributed by atoms with Crippen LogP contribution in [0.5, 0.6) is 5.75 Å². The molecule has 1 aliphatic rings. The van der Waals surface area contributed by atoms with Crippen LogP contribution in [0.4, 0.5) is 11.5 Å². The summed E-state index contributed by atoms with van der Waals surface area (Å²) in [5.74, 6) is 0.356. The summed E-state index contributed by atoms with van der Waals surface area (Å²) in [4.78, 5) is 26.9. The number of hydrogen-bond acceptors (Lipinski definition) is 4. The smallest absolute Gasteiger partial charge is 0.229 e. The zero-order valence-corrected chi connectivity index (χ0v) is 17.0. The first-order valence-electron chi connectivity index (χ1n) is 8.86. The topological polar surface area (TPSA) is 87.3 Å². The van der Waals surface area contributed by atoms with E-state index in [1.54, 1.807) is 12.0 Å². The molecule has 0 spiro atoms. The third kappa shape index (κ3) is 3.35. The fourth-order valence-corrected chi connectivity index (χ4v) is 3.79. The van der Waals surface area contributed by atoms with Crippen LogP contribution < -0.4 is 15.0 Å². The molecule has 3 aromatic rings. The summed E-state index contributed by atoms with van der Waals surface area (Å²) in [7, 11) is 1.56. The maximum atomic E-state index is 12.8. The van der Waals surface area contributed by atoms with Gasteiger partial charge in [-0.2, -0.15) is 5.10 Å². The maximum Gasteiger partial charge on any atom is 0.229 e. The molecule has 7 nitrogen and oxygen atoms in total. The molecule has 1 aromatic heterocycles. The number of carbonyl (C=O) groups is 2. The summed E-state index contributed by atoms with van der Waals surface area (Å²) in [6, 6.07) is 11.3. The normalized spacial score (nSPS) is 16.6. The van der Waals surface area contributed by atoms with Gasteiger partial charge in [0.15, 0.2) is 5.82 Å². The highest BCUT2D eigenvalue weighted by Gasteiger charge is 2.37. The van der Waals surface area contributed by atoms with E-state index in [1.807, 2.05) is 43.3 Å². The largest absolute Gasteiger partial charge is 0.495 e. The summed E-state index contributed by atoms with van der Waals surface area (Å²) >= 11 is 3.42. The lowest BCUT2D eigenvalue weighted by Gasteiger charge is -2.15. The predicted octanol–water partition coefficient (Wildman–Crippen LogP) is 3.63. The number of nitrogens with one attached hydrogen (secondary N) is 2. The average molecular weight is 443 g/mol. The average Bonchev–Trinajstić information content (AvgIpc) is 3.24. The van der Waals surface area contributed by atoms with Gasteiger partial charge in [0.1, 0.15) is 5.75 Å². The zero-order chi connectivity index (χ0) is 19.8. The van der Waals surface area contributed by atoms with Gasteiger partial charge >= 0.3 is 0 Å². The highest BCUT2D eigenvalue weighted by Crippen LogP contribution is 2.32. The molecule has 1 atom stereocenters. The number of rotatable bonds is 4. The summed E-state index contributed by atoms with van der Waals surface area (Å²) in [6.07, 6.45) is 0.144. The van der Waals surface area contributed by atoms with E-state index >= 15 is 0 Å². The summed E-state index contributed by atoms with van der Waals surface area (Å²) in [5, 5.41) is 11.0. The van der Waals surface area contributed by atoms with Crippen LogP contribution in [0, 0.1) is 12.8 Å². The molecule has 1 unspecified atom stereocenters. The monoisotopic (exact) mass is 442 g/mol. The number of anilines is 2. The Morgan fingerprint density at radius 3 is 2.93 bits per heavy atom. The van der Waals surface area contributed by atoms with Crippen molar-refractivity contribution in [1.82, 2.24) is 10.2 Å². The van der Waals surface area contributed by atoms with Gasteiger partial charge < -0.3 is 10.1 Å². The maximum absolute atomic E-state index is 12.8. The van der Waals surface area contributed by atoms with Gasteiger partial charge in [-0.15, -0.1) is 0 Å². The van der Waals surface area contributed by atoms with E-state index in [9.17, 15) is 9.59 Å². The molecule has 2 N–H and O–H groups in total. The van der Waals surface area contributed by atoms with E-state index in [2.05, 4.69) is 31.4 Å². The first-order chi connectivity index (χ1) is 13.5. The van der Waals surface area contributed by atoms with Crippen molar-refractivity contribution >= 4 is 50.2 Å². The van der Waals surface area contributed by atoms with Gasteiger partial charge in [-0.05, 0) is 42.8 Å². The van der Waals surface area contributed by atoms with Crippen molar-refractivity contribution in [2.24, 2.45) is 5.92 Å². The third-order valence-electron chi connectivity index (χ3n) is 4.87. The number of benzene rings is 2. The number of halogens is 1. The Labute approximate surface area is 170 Å². The number of amides is 2. The van der Waals surface area contributed by atoms with E-state index in [4.69, 9.17) is 4.74 Å². The third-order valence-corrected chi connectivity index (χ3v) is 5.36. The lowest BCUT2D eigenvalue weighted by atomic mass is 10.1. The lowest BCUT2D eigenvalue weighted by molar-refractivity contribution is -0.122. The number of nitrogens with zero attached hydrogens (tertiary/aromatic N) is 2. The van der Waals surface area contributed by atoms with Crippen LogP contribution in [0.2, 0.25) is 0 Å². The van der Waals surface area contributed by atoms with Gasteiger partial charge in [0.25, 0.3) is 0 Å². The standard InChI is InChI=1S/C20H19BrN4O3/c1-11-3-6-17(28-2)16(7-11)22-20(27)12-8-18(26)25(10-12)19-14-5-4-13(21)9-15(14)23-24-19/h3-7,9,12H,8,10H2,1-2H3,(H,22,27)(H,23,24). The molecule has 1 fully saturated rings. The van der Waals surface area contributed by atoms with Gasteiger partial charge in [0.2, 0.25) is 11.8 Å². The first kappa shape index (κ1) is 18.5. The molecule has 0 aliphatic carbocycles. The summed E-state index contributed by atoms with van der Waals surface area (Å²) in [6.45, 7) is 2.23. The lowest BCUT2D eigenvalue weighted by Crippen LogP contribution is -2.28. The van der Waals surface area contributed by atoms with E-state index in [0.717, 1.165) is 20.9 Å². The number of aromatic amines is 1. The molecule has 2 amide bonds. The van der Waals surface area contributed by atoms with Crippen molar-refractivity contribution < 1.29 is 14.3 Å². The molecule has 144 valence electrons. The highest BCUT2D eigenvalue weighted by molar-refractivity contribution is 9.10. The summed E-state index contributed by atoms with van der Waals surface area (Å²) in [5.41, 5.74) is 2.44. The Morgan fingerprint density at radius 2 is 2.14 bits per heavy atom. The number of methoxy groups -OCH3 is 1. The fraction of sp³-hybridized carbons (Fsp3) is 0.250. The molecule has 2 heterocycles. The van der Waals surface area contributed by atoms with Crippen LogP contribution in [-0.2, 0) is 9.59 Å². The number of hydrogen-bond donors (Lipinski definition) is 2. The van der Waals surface area contributed by atoms with Gasteiger partial charge in [0, 0.05) is 22.8 Å². The molecule has 28 heavy (non-hydrogen) atoms. The fourth-order valence-electron chi connectivity index (χ4n) is 3.43. The number of fused-ring (bicyclic) bond motifs is 1. The van der Waals surface area contributed by atoms with Crippen LogP contribution in [-0.4, -0.2) is 35.7 Å². The van der Waals surface area contributed by atoms with Crippen LogP contribution >= 0.6 is 15.9 Å². The van der Waals surface area contributed by atoms with E-state index in [-0.39, 0.29) is 24.8 Å². The molecular weight excluding hydrogens is 424 g/mol. The minimum Gasteiger partial charge on any atom is -0.495 e. The molecule has 4 rings (SSSR count). The number of ether oxygens (including phenoxy) is 1. The van der Waals surface area contributed by atoms with Crippen LogP contribution in [0.15, 0.2) is 40.9 Å². The minimum atomic E-state index is -0.458.